The van der Waals surface area contributed by atoms with E-state index in [-0.39, 0.29) is 18.0 Å². The average Bonchev–Trinajstić information content (AvgIpc) is 2.61. The van der Waals surface area contributed by atoms with Gasteiger partial charge in [0.05, 0.1) is 5.69 Å². The second-order valence-corrected chi connectivity index (χ2v) is 6.52. The van der Waals surface area contributed by atoms with E-state index in [4.69, 9.17) is 11.6 Å². The monoisotopic (exact) mass is 367 g/mol. The van der Waals surface area contributed by atoms with Crippen LogP contribution >= 0.6 is 11.6 Å². The molecule has 5 nitrogen and oxygen atoms in total. The molecular formula is C20H18ClN3O2. The van der Waals surface area contributed by atoms with Crippen LogP contribution in [0.2, 0.25) is 5.02 Å². The summed E-state index contributed by atoms with van der Waals surface area (Å²) in [5.74, 6) is -0.333. The summed E-state index contributed by atoms with van der Waals surface area (Å²) in [6.07, 6.45) is 0. The van der Waals surface area contributed by atoms with Gasteiger partial charge in [0.2, 0.25) is 5.91 Å². The number of rotatable bonds is 4. The Balaban J connectivity index is 1.84. The van der Waals surface area contributed by atoms with Crippen LogP contribution in [0.25, 0.3) is 11.3 Å². The lowest BCUT2D eigenvalue weighted by atomic mass is 10.0. The summed E-state index contributed by atoms with van der Waals surface area (Å²) in [7, 11) is 0. The molecule has 0 aliphatic rings. The molecule has 1 aromatic heterocycles. The Hall–Kier alpha value is -2.92. The zero-order valence-electron chi connectivity index (χ0n) is 14.5. The number of benzene rings is 2. The summed E-state index contributed by atoms with van der Waals surface area (Å²) >= 11 is 5.83. The first-order valence-electron chi connectivity index (χ1n) is 8.13. The molecule has 2 aromatic carbocycles. The molecule has 132 valence electrons. The summed E-state index contributed by atoms with van der Waals surface area (Å²) in [5.41, 5.74) is 4.04. The van der Waals surface area contributed by atoms with Gasteiger partial charge in [-0.25, -0.2) is 4.68 Å². The van der Waals surface area contributed by atoms with E-state index in [2.05, 4.69) is 10.4 Å². The molecule has 26 heavy (non-hydrogen) atoms. The van der Waals surface area contributed by atoms with E-state index in [1.54, 1.807) is 30.3 Å². The molecule has 0 unspecified atom stereocenters. The third-order valence-electron chi connectivity index (χ3n) is 3.96. The number of anilines is 1. The molecule has 0 saturated heterocycles. The highest BCUT2D eigenvalue weighted by atomic mass is 35.5. The van der Waals surface area contributed by atoms with Crippen LogP contribution in [0.1, 0.15) is 11.1 Å². The number of hydrogen-bond donors (Lipinski definition) is 1. The second kappa shape index (κ2) is 7.54. The molecule has 0 spiro atoms. The number of nitrogens with one attached hydrogen (secondary N) is 1. The van der Waals surface area contributed by atoms with Crippen molar-refractivity contribution >= 4 is 23.2 Å². The van der Waals surface area contributed by atoms with Gasteiger partial charge in [0.1, 0.15) is 6.54 Å². The van der Waals surface area contributed by atoms with Crippen LogP contribution < -0.4 is 10.9 Å². The molecule has 0 aliphatic carbocycles. The molecule has 3 rings (SSSR count). The third kappa shape index (κ3) is 4.18. The molecule has 3 aromatic rings. The lowest BCUT2D eigenvalue weighted by Crippen LogP contribution is -2.29. The van der Waals surface area contributed by atoms with Crippen LogP contribution in [0.15, 0.2) is 59.4 Å². The number of nitrogens with zero attached hydrogens (tertiary/aromatic N) is 2. The number of carbonyl (C=O) groups is 1. The molecule has 1 amide bonds. The van der Waals surface area contributed by atoms with Crippen molar-refractivity contribution in [3.05, 3.63) is 81.1 Å². The largest absolute Gasteiger partial charge is 0.324 e. The van der Waals surface area contributed by atoms with Crippen molar-refractivity contribution < 1.29 is 4.79 Å². The highest BCUT2D eigenvalue weighted by molar-refractivity contribution is 6.30. The summed E-state index contributed by atoms with van der Waals surface area (Å²) in [6, 6.07) is 15.9. The van der Waals surface area contributed by atoms with Crippen LogP contribution in [0.4, 0.5) is 5.69 Å². The lowest BCUT2D eigenvalue weighted by molar-refractivity contribution is -0.117. The normalized spacial score (nSPS) is 10.6. The molecule has 0 saturated carbocycles. The molecule has 1 N–H and O–H groups in total. The maximum atomic E-state index is 12.2. The van der Waals surface area contributed by atoms with E-state index in [0.29, 0.717) is 16.4 Å². The van der Waals surface area contributed by atoms with E-state index in [1.807, 2.05) is 32.0 Å². The minimum absolute atomic E-state index is 0.167. The standard InChI is InChI=1S/C20H18ClN3O2/c1-13-3-4-14(2)17(11-13)18-9-10-20(26)24(23-18)12-19(25)22-16-7-5-15(21)6-8-16/h3-11H,12H2,1-2H3,(H,22,25). The SMILES string of the molecule is Cc1ccc(C)c(-c2ccc(=O)n(CC(=O)Nc3ccc(Cl)cc3)n2)c1. The van der Waals surface area contributed by atoms with Gasteiger partial charge in [-0.05, 0) is 55.8 Å². The van der Waals surface area contributed by atoms with Crippen molar-refractivity contribution in [2.45, 2.75) is 20.4 Å². The number of amides is 1. The topological polar surface area (TPSA) is 64.0 Å². The molecule has 6 heteroatoms. The molecule has 0 fully saturated rings. The van der Waals surface area contributed by atoms with Gasteiger partial charge in [-0.3, -0.25) is 9.59 Å². The highest BCUT2D eigenvalue weighted by Crippen LogP contribution is 2.21. The van der Waals surface area contributed by atoms with E-state index in [1.165, 1.54) is 10.7 Å². The van der Waals surface area contributed by atoms with Crippen molar-refractivity contribution in [2.75, 3.05) is 5.32 Å². The van der Waals surface area contributed by atoms with Gasteiger partial charge in [-0.1, -0.05) is 29.3 Å². The lowest BCUT2D eigenvalue weighted by Gasteiger charge is -2.10. The first kappa shape index (κ1) is 17.9. The number of halogens is 1. The Bertz CT molecular complexity index is 1010. The molecular weight excluding hydrogens is 350 g/mol. The van der Waals surface area contributed by atoms with Crippen molar-refractivity contribution in [3.8, 4) is 11.3 Å². The molecule has 0 radical (unpaired) electrons. The van der Waals surface area contributed by atoms with Gasteiger partial charge in [-0.15, -0.1) is 0 Å². The summed E-state index contributed by atoms with van der Waals surface area (Å²) < 4.78 is 1.17. The Morgan fingerprint density at radius 2 is 1.81 bits per heavy atom. The smallest absolute Gasteiger partial charge is 0.267 e. The quantitative estimate of drug-likeness (QED) is 0.762. The number of aromatic nitrogens is 2. The van der Waals surface area contributed by atoms with Crippen molar-refractivity contribution in [1.82, 2.24) is 9.78 Å². The minimum atomic E-state index is -0.333. The van der Waals surface area contributed by atoms with Gasteiger partial charge < -0.3 is 5.32 Å². The molecule has 0 bridgehead atoms. The molecule has 0 aliphatic heterocycles. The molecule has 0 atom stereocenters. The fourth-order valence-corrected chi connectivity index (χ4v) is 2.71. The van der Waals surface area contributed by atoms with E-state index in [9.17, 15) is 9.59 Å². The zero-order valence-corrected chi connectivity index (χ0v) is 15.2. The van der Waals surface area contributed by atoms with E-state index < -0.39 is 0 Å². The predicted octanol–water partition coefficient (Wildman–Crippen LogP) is 3.82. The number of hydrogen-bond acceptors (Lipinski definition) is 3. The summed E-state index contributed by atoms with van der Waals surface area (Å²) in [5, 5.41) is 7.67. The minimum Gasteiger partial charge on any atom is -0.324 e. The fraction of sp³-hybridized carbons (Fsp3) is 0.150. The number of carbonyl (C=O) groups excluding carboxylic acids is 1. The third-order valence-corrected chi connectivity index (χ3v) is 4.21. The van der Waals surface area contributed by atoms with Crippen molar-refractivity contribution in [2.24, 2.45) is 0 Å². The Morgan fingerprint density at radius 1 is 1.08 bits per heavy atom. The van der Waals surface area contributed by atoms with Gasteiger partial charge >= 0.3 is 0 Å². The maximum absolute atomic E-state index is 12.2. The zero-order chi connectivity index (χ0) is 18.7. The van der Waals surface area contributed by atoms with Gasteiger partial charge in [-0.2, -0.15) is 5.10 Å². The van der Waals surface area contributed by atoms with E-state index >= 15 is 0 Å². The summed E-state index contributed by atoms with van der Waals surface area (Å²) in [4.78, 5) is 24.3. The Morgan fingerprint density at radius 3 is 2.54 bits per heavy atom. The molecule has 1 heterocycles. The van der Waals surface area contributed by atoms with Gasteiger partial charge in [0.15, 0.2) is 0 Å². The van der Waals surface area contributed by atoms with Crippen LogP contribution in [-0.2, 0) is 11.3 Å². The Kier molecular flexibility index (Phi) is 5.19. The van der Waals surface area contributed by atoms with Crippen LogP contribution in [0.5, 0.6) is 0 Å². The Labute approximate surface area is 156 Å². The van der Waals surface area contributed by atoms with Crippen LogP contribution in [0, 0.1) is 13.8 Å². The first-order valence-corrected chi connectivity index (χ1v) is 8.51. The average molecular weight is 368 g/mol. The predicted molar refractivity (Wildman–Crippen MR) is 103 cm³/mol. The van der Waals surface area contributed by atoms with Gasteiger partial charge in [0, 0.05) is 22.3 Å². The van der Waals surface area contributed by atoms with Crippen LogP contribution in [0.3, 0.4) is 0 Å². The number of aryl methyl sites for hydroxylation is 2. The second-order valence-electron chi connectivity index (χ2n) is 6.09. The van der Waals surface area contributed by atoms with Crippen molar-refractivity contribution in [1.29, 1.82) is 0 Å². The van der Waals surface area contributed by atoms with Gasteiger partial charge in [0.25, 0.3) is 5.56 Å². The maximum Gasteiger partial charge on any atom is 0.267 e. The van der Waals surface area contributed by atoms with Crippen molar-refractivity contribution in [3.63, 3.8) is 0 Å². The highest BCUT2D eigenvalue weighted by Gasteiger charge is 2.10. The summed E-state index contributed by atoms with van der Waals surface area (Å²) in [6.45, 7) is 3.82. The fourth-order valence-electron chi connectivity index (χ4n) is 2.59. The van der Waals surface area contributed by atoms with E-state index in [0.717, 1.165) is 16.7 Å². The van der Waals surface area contributed by atoms with Crippen LogP contribution in [-0.4, -0.2) is 15.7 Å². The first-order chi connectivity index (χ1) is 12.4.